The maximum Gasteiger partial charge on any atom is 0.175 e. The van der Waals surface area contributed by atoms with Gasteiger partial charge in [0, 0.05) is 50.2 Å². The summed E-state index contributed by atoms with van der Waals surface area (Å²) in [6.45, 7) is 6.20. The summed E-state index contributed by atoms with van der Waals surface area (Å²) in [5.41, 5.74) is 3.10. The van der Waals surface area contributed by atoms with Crippen molar-refractivity contribution >= 4 is 20.9 Å². The number of imidazole rings is 1. The minimum atomic E-state index is -3.27. The Bertz CT molecular complexity index is 1420. The first-order valence-corrected chi connectivity index (χ1v) is 16.2. The van der Waals surface area contributed by atoms with E-state index in [1.807, 2.05) is 17.7 Å². The molecule has 0 atom stereocenters. The molecule has 0 unspecified atom stereocenters. The van der Waals surface area contributed by atoms with Crippen molar-refractivity contribution in [3.05, 3.63) is 47.8 Å². The van der Waals surface area contributed by atoms with Gasteiger partial charge in [-0.2, -0.15) is 0 Å². The molecule has 3 aromatic rings. The monoisotopic (exact) mass is 554 g/mol. The van der Waals surface area contributed by atoms with Crippen LogP contribution in [0.4, 0.5) is 4.39 Å². The van der Waals surface area contributed by atoms with Crippen LogP contribution in [0.15, 0.2) is 41.3 Å². The van der Waals surface area contributed by atoms with E-state index in [1.165, 1.54) is 45.0 Å². The molecule has 9 heteroatoms. The van der Waals surface area contributed by atoms with E-state index in [4.69, 9.17) is 9.72 Å². The Balaban J connectivity index is 1.12. The van der Waals surface area contributed by atoms with Crippen molar-refractivity contribution in [2.75, 3.05) is 45.6 Å². The fourth-order valence-electron chi connectivity index (χ4n) is 6.89. The standard InChI is InChI=1S/C30H39FN4O3S/c1-33-29-20-27(31)26(19-28(29)32-30(33)22-3-5-25(6-4-22)39(2,36)37)21-7-13-34(14-8-21)23-9-15-35(16-10-23)24-11-17-38-18-12-24/h3-6,19-21,23-24H,7-18H2,1-2H3. The van der Waals surface area contributed by atoms with Crippen LogP contribution in [0.5, 0.6) is 0 Å². The van der Waals surface area contributed by atoms with Crippen LogP contribution in [0.3, 0.4) is 0 Å². The molecule has 0 bridgehead atoms. The lowest BCUT2D eigenvalue weighted by Gasteiger charge is -2.44. The summed E-state index contributed by atoms with van der Waals surface area (Å²) in [6.07, 6.45) is 7.92. The Morgan fingerprint density at radius 2 is 1.46 bits per heavy atom. The Kier molecular flexibility index (Phi) is 7.52. The summed E-state index contributed by atoms with van der Waals surface area (Å²) >= 11 is 0. The lowest BCUT2D eigenvalue weighted by atomic mass is 9.87. The van der Waals surface area contributed by atoms with Gasteiger partial charge in [-0.25, -0.2) is 17.8 Å². The minimum Gasteiger partial charge on any atom is -0.381 e. The first-order valence-electron chi connectivity index (χ1n) is 14.3. The number of ether oxygens (including phenoxy) is 1. The highest BCUT2D eigenvalue weighted by Crippen LogP contribution is 2.35. The van der Waals surface area contributed by atoms with Gasteiger partial charge in [-0.1, -0.05) is 0 Å². The average molecular weight is 555 g/mol. The largest absolute Gasteiger partial charge is 0.381 e. The lowest BCUT2D eigenvalue weighted by Crippen LogP contribution is -2.50. The van der Waals surface area contributed by atoms with Crippen molar-refractivity contribution in [3.8, 4) is 11.4 Å². The average Bonchev–Trinajstić information content (AvgIpc) is 3.28. The molecule has 7 nitrogen and oxygen atoms in total. The van der Waals surface area contributed by atoms with Crippen LogP contribution in [-0.2, 0) is 21.6 Å². The number of sulfone groups is 1. The molecule has 0 aliphatic carbocycles. The van der Waals surface area contributed by atoms with Gasteiger partial charge < -0.3 is 19.1 Å². The summed E-state index contributed by atoms with van der Waals surface area (Å²) in [6, 6.07) is 11.6. The van der Waals surface area contributed by atoms with E-state index in [9.17, 15) is 8.42 Å². The molecule has 3 saturated heterocycles. The molecule has 0 spiro atoms. The predicted molar refractivity (Wildman–Crippen MR) is 151 cm³/mol. The number of aromatic nitrogens is 2. The molecular weight excluding hydrogens is 515 g/mol. The van der Waals surface area contributed by atoms with E-state index in [0.717, 1.165) is 61.3 Å². The van der Waals surface area contributed by atoms with E-state index < -0.39 is 9.84 Å². The van der Waals surface area contributed by atoms with E-state index in [0.29, 0.717) is 17.9 Å². The number of halogens is 1. The van der Waals surface area contributed by atoms with E-state index in [2.05, 4.69) is 9.80 Å². The lowest BCUT2D eigenvalue weighted by molar-refractivity contribution is 0.0104. The van der Waals surface area contributed by atoms with Crippen LogP contribution in [0.2, 0.25) is 0 Å². The van der Waals surface area contributed by atoms with Gasteiger partial charge in [0.05, 0.1) is 15.9 Å². The maximum atomic E-state index is 15.4. The minimum absolute atomic E-state index is 0.160. The number of nitrogens with zero attached hydrogens (tertiary/aromatic N) is 4. The number of hydrogen-bond donors (Lipinski definition) is 0. The number of hydrogen-bond acceptors (Lipinski definition) is 6. The number of rotatable bonds is 5. The zero-order valence-corrected chi connectivity index (χ0v) is 23.8. The number of aryl methyl sites for hydroxylation is 1. The number of benzene rings is 2. The Hall–Kier alpha value is -2.33. The molecule has 39 heavy (non-hydrogen) atoms. The molecule has 6 rings (SSSR count). The first kappa shape index (κ1) is 26.9. The summed E-state index contributed by atoms with van der Waals surface area (Å²) in [5, 5.41) is 0. The molecule has 3 fully saturated rings. The third-order valence-corrected chi connectivity index (χ3v) is 10.4. The fourth-order valence-corrected chi connectivity index (χ4v) is 7.52. The fraction of sp³-hybridized carbons (Fsp3) is 0.567. The van der Waals surface area contributed by atoms with Crippen molar-refractivity contribution in [2.45, 2.75) is 61.4 Å². The van der Waals surface area contributed by atoms with E-state index in [-0.39, 0.29) is 16.6 Å². The molecule has 2 aromatic carbocycles. The summed E-state index contributed by atoms with van der Waals surface area (Å²) in [5.74, 6) is 0.740. The van der Waals surface area contributed by atoms with Crippen LogP contribution in [0.25, 0.3) is 22.4 Å². The molecule has 4 heterocycles. The van der Waals surface area contributed by atoms with Crippen LogP contribution >= 0.6 is 0 Å². The molecule has 3 aliphatic heterocycles. The summed E-state index contributed by atoms with van der Waals surface area (Å²) in [4.78, 5) is 10.4. The zero-order chi connectivity index (χ0) is 27.1. The van der Waals surface area contributed by atoms with Crippen molar-refractivity contribution < 1.29 is 17.5 Å². The normalized spacial score (nSPS) is 21.6. The molecule has 0 saturated carbocycles. The second kappa shape index (κ2) is 10.9. The van der Waals surface area contributed by atoms with E-state index in [1.54, 1.807) is 30.3 Å². The Morgan fingerprint density at radius 3 is 2.08 bits per heavy atom. The van der Waals surface area contributed by atoms with Crippen molar-refractivity contribution in [1.82, 2.24) is 19.4 Å². The number of fused-ring (bicyclic) bond motifs is 1. The first-order chi connectivity index (χ1) is 18.8. The van der Waals surface area contributed by atoms with Gasteiger partial charge >= 0.3 is 0 Å². The van der Waals surface area contributed by atoms with E-state index >= 15 is 4.39 Å². The molecule has 3 aliphatic rings. The highest BCUT2D eigenvalue weighted by Gasteiger charge is 2.32. The molecule has 0 N–H and O–H groups in total. The highest BCUT2D eigenvalue weighted by molar-refractivity contribution is 7.90. The van der Waals surface area contributed by atoms with Gasteiger partial charge in [-0.05, 0) is 107 Å². The zero-order valence-electron chi connectivity index (χ0n) is 23.0. The predicted octanol–water partition coefficient (Wildman–Crippen LogP) is 4.61. The molecule has 1 aromatic heterocycles. The van der Waals surface area contributed by atoms with Gasteiger partial charge in [0.15, 0.2) is 9.84 Å². The third kappa shape index (κ3) is 5.51. The molecule has 210 valence electrons. The SMILES string of the molecule is Cn1c(-c2ccc(S(C)(=O)=O)cc2)nc2cc(C3CCN(C4CCN(C5CCOCC5)CC4)CC3)c(F)cc21. The molecular formula is C30H39FN4O3S. The highest BCUT2D eigenvalue weighted by atomic mass is 32.2. The second-order valence-electron chi connectivity index (χ2n) is 11.6. The van der Waals surface area contributed by atoms with Gasteiger partial charge in [0.25, 0.3) is 0 Å². The van der Waals surface area contributed by atoms with Crippen LogP contribution in [0.1, 0.15) is 50.0 Å². The van der Waals surface area contributed by atoms with Crippen LogP contribution in [0, 0.1) is 5.82 Å². The Labute approximate surface area is 230 Å². The second-order valence-corrected chi connectivity index (χ2v) is 13.6. The Morgan fingerprint density at radius 1 is 0.872 bits per heavy atom. The maximum absolute atomic E-state index is 15.4. The van der Waals surface area contributed by atoms with Gasteiger partial charge in [0.1, 0.15) is 11.6 Å². The summed E-state index contributed by atoms with van der Waals surface area (Å²) < 4.78 is 46.5. The summed E-state index contributed by atoms with van der Waals surface area (Å²) in [7, 11) is -1.39. The van der Waals surface area contributed by atoms with Gasteiger partial charge in [-0.15, -0.1) is 0 Å². The number of piperidine rings is 2. The smallest absolute Gasteiger partial charge is 0.175 e. The van der Waals surface area contributed by atoms with Gasteiger partial charge in [-0.3, -0.25) is 0 Å². The third-order valence-electron chi connectivity index (χ3n) is 9.23. The van der Waals surface area contributed by atoms with Crippen molar-refractivity contribution in [2.24, 2.45) is 7.05 Å². The number of likely N-dealkylation sites (tertiary alicyclic amines) is 2. The quantitative estimate of drug-likeness (QED) is 0.459. The van der Waals surface area contributed by atoms with Crippen molar-refractivity contribution in [3.63, 3.8) is 0 Å². The van der Waals surface area contributed by atoms with Crippen LogP contribution < -0.4 is 0 Å². The topological polar surface area (TPSA) is 67.7 Å². The van der Waals surface area contributed by atoms with Crippen LogP contribution in [-0.4, -0.2) is 85.5 Å². The van der Waals surface area contributed by atoms with Gasteiger partial charge in [0.2, 0.25) is 0 Å². The molecule has 0 radical (unpaired) electrons. The molecule has 0 amide bonds. The van der Waals surface area contributed by atoms with Crippen molar-refractivity contribution in [1.29, 1.82) is 0 Å².